The molecule has 0 N–H and O–H groups in total. The molecule has 2 atom stereocenters. The smallest absolute Gasteiger partial charge is 0.198 e. The molecule has 0 radical (unpaired) electrons. The number of thioether (sulfide) groups is 1. The Labute approximate surface area is 86.5 Å². The topological polar surface area (TPSA) is 0 Å². The SMILES string of the molecule is FC12C=CC=CC1(c1ccccc1)S2. The highest BCUT2D eigenvalue weighted by atomic mass is 32.2. The first-order chi connectivity index (χ1) is 6.77. The summed E-state index contributed by atoms with van der Waals surface area (Å²) in [5, 5.41) is -1.21. The molecule has 0 nitrogen and oxygen atoms in total. The second kappa shape index (κ2) is 2.51. The molecule has 1 aromatic rings. The molecule has 1 aromatic carbocycles. The number of hydrogen-bond donors (Lipinski definition) is 0. The van der Waals surface area contributed by atoms with Crippen molar-refractivity contribution in [2.45, 2.75) is 9.75 Å². The average Bonchev–Trinajstić information content (AvgIpc) is 2.87. The maximum absolute atomic E-state index is 14.1. The lowest BCUT2D eigenvalue weighted by molar-refractivity contribution is 0.363. The summed E-state index contributed by atoms with van der Waals surface area (Å²) < 4.78 is 13.7. The van der Waals surface area contributed by atoms with Crippen LogP contribution in [0, 0.1) is 0 Å². The maximum atomic E-state index is 14.1. The van der Waals surface area contributed by atoms with E-state index in [0.717, 1.165) is 5.56 Å². The number of halogens is 1. The minimum absolute atomic E-state index is 0.441. The highest BCUT2D eigenvalue weighted by Gasteiger charge is 2.69. The molecule has 0 spiro atoms. The standard InChI is InChI=1S/C12H9FS/c13-12-9-5-4-8-11(12,14-12)10-6-2-1-3-7-10/h1-9H. The van der Waals surface area contributed by atoms with Crippen molar-refractivity contribution in [3.8, 4) is 0 Å². The van der Waals surface area contributed by atoms with Gasteiger partial charge in [0.05, 0.1) is 0 Å². The van der Waals surface area contributed by atoms with Gasteiger partial charge in [0.1, 0.15) is 4.75 Å². The summed E-state index contributed by atoms with van der Waals surface area (Å²) in [7, 11) is 0. The van der Waals surface area contributed by atoms with Crippen LogP contribution >= 0.6 is 11.8 Å². The molecule has 2 unspecified atom stereocenters. The van der Waals surface area contributed by atoms with Crippen molar-refractivity contribution in [3.05, 3.63) is 60.2 Å². The van der Waals surface area contributed by atoms with E-state index in [1.165, 1.54) is 11.8 Å². The zero-order valence-electron chi connectivity index (χ0n) is 7.48. The Kier molecular flexibility index (Phi) is 1.49. The summed E-state index contributed by atoms with van der Waals surface area (Å²) in [4.78, 5) is 0. The molecule has 1 aliphatic carbocycles. The van der Waals surface area contributed by atoms with Gasteiger partial charge in [-0.15, -0.1) is 0 Å². The van der Waals surface area contributed by atoms with Gasteiger partial charge in [0, 0.05) is 0 Å². The summed E-state index contributed by atoms with van der Waals surface area (Å²) in [5.41, 5.74) is 1.05. The zero-order valence-corrected chi connectivity index (χ0v) is 8.30. The van der Waals surface area contributed by atoms with Gasteiger partial charge in [0.2, 0.25) is 0 Å². The molecule has 1 fully saturated rings. The van der Waals surface area contributed by atoms with E-state index in [4.69, 9.17) is 0 Å². The van der Waals surface area contributed by atoms with Crippen LogP contribution in [0.5, 0.6) is 0 Å². The number of allylic oxidation sites excluding steroid dienone is 2. The second-order valence-electron chi connectivity index (χ2n) is 3.57. The molecular weight excluding hydrogens is 195 g/mol. The number of alkyl halides is 1. The number of fused-ring (bicyclic) bond motifs is 1. The van der Waals surface area contributed by atoms with Crippen molar-refractivity contribution < 1.29 is 4.39 Å². The van der Waals surface area contributed by atoms with E-state index in [-0.39, 0.29) is 0 Å². The fourth-order valence-electron chi connectivity index (χ4n) is 1.92. The molecule has 1 saturated heterocycles. The Bertz CT molecular complexity index is 423. The first-order valence-corrected chi connectivity index (χ1v) is 5.40. The largest absolute Gasteiger partial charge is 0.225 e. The fraction of sp³-hybridized carbons (Fsp3) is 0.167. The van der Waals surface area contributed by atoms with Crippen LogP contribution in [0.4, 0.5) is 4.39 Å². The van der Waals surface area contributed by atoms with Gasteiger partial charge in [-0.3, -0.25) is 0 Å². The third-order valence-electron chi connectivity index (χ3n) is 2.73. The Morgan fingerprint density at radius 2 is 1.71 bits per heavy atom. The molecule has 0 amide bonds. The summed E-state index contributed by atoms with van der Waals surface area (Å²) in [6, 6.07) is 9.83. The quantitative estimate of drug-likeness (QED) is 0.632. The van der Waals surface area contributed by atoms with Crippen molar-refractivity contribution in [2.24, 2.45) is 0 Å². The van der Waals surface area contributed by atoms with E-state index in [9.17, 15) is 4.39 Å². The summed E-state index contributed by atoms with van der Waals surface area (Å²) >= 11 is 1.36. The first kappa shape index (κ1) is 8.30. The molecule has 3 rings (SSSR count). The lowest BCUT2D eigenvalue weighted by atomic mass is 9.91. The van der Waals surface area contributed by atoms with Crippen LogP contribution in [0.25, 0.3) is 0 Å². The molecule has 14 heavy (non-hydrogen) atoms. The van der Waals surface area contributed by atoms with E-state index in [0.29, 0.717) is 0 Å². The minimum Gasteiger partial charge on any atom is -0.225 e. The summed E-state index contributed by atoms with van der Waals surface area (Å²) in [6.07, 6.45) is 7.30. The number of hydrogen-bond acceptors (Lipinski definition) is 1. The van der Waals surface area contributed by atoms with Gasteiger partial charge in [-0.2, -0.15) is 0 Å². The van der Waals surface area contributed by atoms with Crippen LogP contribution in [0.3, 0.4) is 0 Å². The molecule has 2 heteroatoms. The Morgan fingerprint density at radius 3 is 2.43 bits per heavy atom. The lowest BCUT2D eigenvalue weighted by Gasteiger charge is -2.14. The molecule has 0 aromatic heterocycles. The Morgan fingerprint density at radius 1 is 1.00 bits per heavy atom. The monoisotopic (exact) mass is 204 g/mol. The van der Waals surface area contributed by atoms with Crippen LogP contribution in [0.1, 0.15) is 5.56 Å². The van der Waals surface area contributed by atoms with Gasteiger partial charge in [0.25, 0.3) is 0 Å². The first-order valence-electron chi connectivity index (χ1n) is 4.59. The zero-order chi connectivity index (χ0) is 9.65. The van der Waals surface area contributed by atoms with Crippen LogP contribution < -0.4 is 0 Å². The van der Waals surface area contributed by atoms with Gasteiger partial charge in [0.15, 0.2) is 5.00 Å². The Balaban J connectivity index is 2.10. The van der Waals surface area contributed by atoms with Crippen LogP contribution in [0.2, 0.25) is 0 Å². The highest BCUT2D eigenvalue weighted by molar-refractivity contribution is 8.09. The van der Waals surface area contributed by atoms with E-state index in [1.807, 2.05) is 42.5 Å². The van der Waals surface area contributed by atoms with Gasteiger partial charge < -0.3 is 0 Å². The van der Waals surface area contributed by atoms with Crippen LogP contribution in [-0.4, -0.2) is 5.00 Å². The Hall–Kier alpha value is -1.02. The molecule has 0 bridgehead atoms. The molecule has 1 heterocycles. The molecule has 2 aliphatic rings. The van der Waals surface area contributed by atoms with Crippen molar-refractivity contribution in [1.29, 1.82) is 0 Å². The van der Waals surface area contributed by atoms with Crippen molar-refractivity contribution >= 4 is 11.8 Å². The van der Waals surface area contributed by atoms with Crippen molar-refractivity contribution in [3.63, 3.8) is 0 Å². The normalized spacial score (nSPS) is 38.1. The number of benzene rings is 1. The highest BCUT2D eigenvalue weighted by Crippen LogP contribution is 2.73. The third kappa shape index (κ3) is 0.894. The summed E-state index contributed by atoms with van der Waals surface area (Å²) in [6.45, 7) is 0. The predicted octanol–water partition coefficient (Wildman–Crippen LogP) is 3.42. The molecule has 1 aliphatic heterocycles. The van der Waals surface area contributed by atoms with Crippen LogP contribution in [0.15, 0.2) is 54.6 Å². The lowest BCUT2D eigenvalue weighted by Crippen LogP contribution is -2.17. The third-order valence-corrected chi connectivity index (χ3v) is 4.27. The fourth-order valence-corrected chi connectivity index (χ4v) is 3.14. The number of rotatable bonds is 1. The van der Waals surface area contributed by atoms with Gasteiger partial charge in [-0.1, -0.05) is 60.3 Å². The van der Waals surface area contributed by atoms with Crippen LogP contribution in [-0.2, 0) is 4.75 Å². The van der Waals surface area contributed by atoms with E-state index < -0.39 is 9.75 Å². The van der Waals surface area contributed by atoms with E-state index in [2.05, 4.69) is 0 Å². The van der Waals surface area contributed by atoms with Crippen molar-refractivity contribution in [1.82, 2.24) is 0 Å². The molecular formula is C12H9FS. The van der Waals surface area contributed by atoms with Gasteiger partial charge in [-0.25, -0.2) is 4.39 Å². The maximum Gasteiger partial charge on any atom is 0.198 e. The predicted molar refractivity (Wildman–Crippen MR) is 57.8 cm³/mol. The van der Waals surface area contributed by atoms with Crippen molar-refractivity contribution in [2.75, 3.05) is 0 Å². The molecule has 70 valence electrons. The van der Waals surface area contributed by atoms with E-state index >= 15 is 0 Å². The second-order valence-corrected chi connectivity index (χ2v) is 5.01. The summed E-state index contributed by atoms with van der Waals surface area (Å²) in [5.74, 6) is 0. The van der Waals surface area contributed by atoms with Gasteiger partial charge >= 0.3 is 0 Å². The van der Waals surface area contributed by atoms with E-state index in [1.54, 1.807) is 12.2 Å². The minimum atomic E-state index is -1.21. The molecule has 0 saturated carbocycles. The van der Waals surface area contributed by atoms with Gasteiger partial charge in [-0.05, 0) is 11.6 Å². The average molecular weight is 204 g/mol.